The number of nitrogens with zero attached hydrogens (tertiary/aromatic N) is 8. The first kappa shape index (κ1) is 42.6. The highest BCUT2D eigenvalue weighted by Crippen LogP contribution is 2.34. The predicted molar refractivity (Wildman–Crippen MR) is 229 cm³/mol. The van der Waals surface area contributed by atoms with E-state index < -0.39 is 17.7 Å². The molecular formula is C43H49N11O9. The predicted octanol–water partition coefficient (Wildman–Crippen LogP) is 3.87. The first-order chi connectivity index (χ1) is 30.5. The number of carbonyl (C=O) groups excluding carboxylic acids is 4. The van der Waals surface area contributed by atoms with Crippen LogP contribution in [0.5, 0.6) is 11.5 Å². The van der Waals surface area contributed by atoms with E-state index in [4.69, 9.17) is 34.0 Å². The Hall–Kier alpha value is -7.06. The van der Waals surface area contributed by atoms with Gasteiger partial charge in [0.2, 0.25) is 29.3 Å². The van der Waals surface area contributed by atoms with Crippen LogP contribution in [0.3, 0.4) is 0 Å². The van der Waals surface area contributed by atoms with E-state index in [2.05, 4.69) is 25.5 Å². The maximum Gasteiger partial charge on any atom is 0.295 e. The van der Waals surface area contributed by atoms with Crippen molar-refractivity contribution in [2.24, 2.45) is 5.73 Å². The van der Waals surface area contributed by atoms with E-state index in [1.165, 1.54) is 6.07 Å². The summed E-state index contributed by atoms with van der Waals surface area (Å²) < 4.78 is 27.7. The molecule has 2 aliphatic heterocycles. The summed E-state index contributed by atoms with van der Waals surface area (Å²) in [6.07, 6.45) is 4.99. The topological polar surface area (TPSA) is 251 Å². The van der Waals surface area contributed by atoms with Crippen LogP contribution in [0.1, 0.15) is 85.3 Å². The highest BCUT2D eigenvalue weighted by Gasteiger charge is 2.28. The Labute approximate surface area is 361 Å². The number of nitrogens with one attached hydrogen (secondary N) is 2. The van der Waals surface area contributed by atoms with Gasteiger partial charge in [-0.25, -0.2) is 19.9 Å². The van der Waals surface area contributed by atoms with Gasteiger partial charge in [-0.15, -0.1) is 0 Å². The largest absolute Gasteiger partial charge is 0.491 e. The minimum atomic E-state index is -0.686. The molecule has 2 aliphatic rings. The van der Waals surface area contributed by atoms with Gasteiger partial charge >= 0.3 is 0 Å². The number of benzene rings is 2. The fraction of sp³-hybridized carbons (Fsp3) is 0.395. The molecule has 2 aromatic carbocycles. The number of imidazole rings is 2. The lowest BCUT2D eigenvalue weighted by Gasteiger charge is -2.34. The van der Waals surface area contributed by atoms with Crippen molar-refractivity contribution in [1.29, 1.82) is 0 Å². The molecule has 0 radical (unpaired) electrons. The molecule has 5 N–H and O–H groups in total. The van der Waals surface area contributed by atoms with E-state index in [-0.39, 0.29) is 67.8 Å². The maximum atomic E-state index is 14.0. The Morgan fingerprint density at radius 2 is 1.21 bits per heavy atom. The third-order valence-electron chi connectivity index (χ3n) is 10.9. The van der Waals surface area contributed by atoms with Crippen LogP contribution in [0.4, 0.5) is 11.9 Å². The number of rotatable bonds is 10. The second kappa shape index (κ2) is 18.1. The minimum Gasteiger partial charge on any atom is -0.491 e. The SMILES string of the molecule is CCc1nc(C)oc1C(=O)Nc1nc2cc(C(N)=O)cc3c2n1C/C=C\Cn1c(NC(=O)c2oc(C)nc2CC)nc2cc(C(=O)N4CCN(CCO)CC4)cc(c21)OCCCO3. The lowest BCUT2D eigenvalue weighted by molar-refractivity contribution is 0.0614. The molecule has 6 aromatic rings. The number of nitrogens with two attached hydrogens (primary N) is 1. The number of oxazole rings is 2. The lowest BCUT2D eigenvalue weighted by atomic mass is 10.1. The molecule has 1 fully saturated rings. The number of aromatic nitrogens is 6. The monoisotopic (exact) mass is 863 g/mol. The zero-order valence-corrected chi connectivity index (χ0v) is 35.5. The molecule has 63 heavy (non-hydrogen) atoms. The summed E-state index contributed by atoms with van der Waals surface area (Å²) in [5, 5.41) is 15.2. The van der Waals surface area contributed by atoms with E-state index in [0.717, 1.165) is 0 Å². The van der Waals surface area contributed by atoms with E-state index >= 15 is 0 Å². The van der Waals surface area contributed by atoms with Crippen LogP contribution in [0.2, 0.25) is 0 Å². The number of aliphatic hydroxyl groups is 1. The smallest absolute Gasteiger partial charge is 0.295 e. The van der Waals surface area contributed by atoms with Crippen LogP contribution < -0.4 is 25.8 Å². The number of hydrogen-bond acceptors (Lipinski definition) is 14. The Bertz CT molecular complexity index is 2750. The third-order valence-corrected chi connectivity index (χ3v) is 10.9. The molecular weight excluding hydrogens is 815 g/mol. The molecule has 4 aromatic heterocycles. The fourth-order valence-electron chi connectivity index (χ4n) is 7.86. The average Bonchev–Trinajstić information content (AvgIpc) is 4.03. The summed E-state index contributed by atoms with van der Waals surface area (Å²) in [6, 6.07) is 6.46. The van der Waals surface area contributed by atoms with Gasteiger partial charge in [0.1, 0.15) is 22.5 Å². The summed E-state index contributed by atoms with van der Waals surface area (Å²) in [7, 11) is 0. The highest BCUT2D eigenvalue weighted by atomic mass is 16.5. The van der Waals surface area contributed by atoms with Crippen molar-refractivity contribution in [3.8, 4) is 11.5 Å². The van der Waals surface area contributed by atoms with Crippen LogP contribution in [-0.4, -0.2) is 120 Å². The minimum absolute atomic E-state index is 0.0424. The number of aryl methyl sites for hydroxylation is 4. The number of ether oxygens (including phenoxy) is 2. The van der Waals surface area contributed by atoms with Gasteiger partial charge in [-0.1, -0.05) is 26.0 Å². The normalized spacial score (nSPS) is 15.3. The van der Waals surface area contributed by atoms with Crippen LogP contribution in [0, 0.1) is 13.8 Å². The van der Waals surface area contributed by atoms with Crippen LogP contribution in [-0.2, 0) is 25.9 Å². The van der Waals surface area contributed by atoms with Gasteiger partial charge in [-0.3, -0.25) is 34.7 Å². The quantitative estimate of drug-likeness (QED) is 0.143. The van der Waals surface area contributed by atoms with E-state index in [0.29, 0.717) is 114 Å². The number of piperazine rings is 1. The second-order valence-corrected chi connectivity index (χ2v) is 15.2. The number of allylic oxidation sites excluding steroid dienone is 2. The van der Waals surface area contributed by atoms with Gasteiger partial charge in [0, 0.05) is 77.2 Å². The van der Waals surface area contributed by atoms with Gasteiger partial charge in [0.15, 0.2) is 11.8 Å². The number of amides is 4. The molecule has 1 saturated heterocycles. The summed E-state index contributed by atoms with van der Waals surface area (Å²) in [6.45, 7) is 10.5. The molecule has 8 rings (SSSR count). The molecule has 6 heterocycles. The summed E-state index contributed by atoms with van der Waals surface area (Å²) >= 11 is 0. The molecule has 4 amide bonds. The third kappa shape index (κ3) is 8.71. The van der Waals surface area contributed by atoms with E-state index in [1.807, 2.05) is 26.0 Å². The fourth-order valence-corrected chi connectivity index (χ4v) is 7.86. The van der Waals surface area contributed by atoms with Crippen molar-refractivity contribution in [3.05, 3.63) is 82.2 Å². The Morgan fingerprint density at radius 3 is 1.68 bits per heavy atom. The summed E-state index contributed by atoms with van der Waals surface area (Å²) in [4.78, 5) is 76.1. The number of carbonyl (C=O) groups is 4. The van der Waals surface area contributed by atoms with Gasteiger partial charge in [-0.2, -0.15) is 0 Å². The number of hydrogen-bond donors (Lipinski definition) is 4. The molecule has 330 valence electrons. The van der Waals surface area contributed by atoms with Crippen molar-refractivity contribution < 1.29 is 42.6 Å². The van der Waals surface area contributed by atoms with Crippen LogP contribution >= 0.6 is 0 Å². The van der Waals surface area contributed by atoms with Crippen molar-refractivity contribution in [3.63, 3.8) is 0 Å². The Kier molecular flexibility index (Phi) is 12.3. The van der Waals surface area contributed by atoms with Gasteiger partial charge in [-0.05, 0) is 37.1 Å². The standard InChI is InChI=1S/C43H49N11O9/c1-5-28-36(62-24(3)45-28)39(57)49-42-47-30-20-26(38(44)56)22-32-34(30)53(42)10-7-8-11-54-35-31(48-43(54)50-40(58)37-29(6-2)46-25(4)63-37)21-27(23-33(35)61-19-9-18-60-32)41(59)52-14-12-51(13-15-52)16-17-55/h7-8,20-23,55H,5-6,9-19H2,1-4H3,(H2,44,56)(H,47,49,57)(H,48,50,58)/b8-7-. The zero-order chi connectivity index (χ0) is 44.4. The Morgan fingerprint density at radius 1 is 0.714 bits per heavy atom. The molecule has 0 unspecified atom stereocenters. The summed E-state index contributed by atoms with van der Waals surface area (Å²) in [5.41, 5.74) is 9.04. The average molecular weight is 864 g/mol. The van der Waals surface area contributed by atoms with Gasteiger partial charge < -0.3 is 43.2 Å². The van der Waals surface area contributed by atoms with Crippen molar-refractivity contribution in [1.82, 2.24) is 38.9 Å². The van der Waals surface area contributed by atoms with Crippen LogP contribution in [0.25, 0.3) is 22.1 Å². The van der Waals surface area contributed by atoms with Gasteiger partial charge in [0.05, 0.1) is 42.2 Å². The van der Waals surface area contributed by atoms with E-state index in [1.54, 1.807) is 46.1 Å². The molecule has 20 heteroatoms. The van der Waals surface area contributed by atoms with Crippen molar-refractivity contribution in [2.45, 2.75) is 60.0 Å². The first-order valence-corrected chi connectivity index (χ1v) is 20.9. The number of primary amides is 1. The van der Waals surface area contributed by atoms with Gasteiger partial charge in [0.25, 0.3) is 17.7 Å². The molecule has 0 aliphatic carbocycles. The molecule has 0 atom stereocenters. The number of aliphatic hydroxyl groups excluding tert-OH is 1. The lowest BCUT2D eigenvalue weighted by Crippen LogP contribution is -2.49. The van der Waals surface area contributed by atoms with Crippen LogP contribution in [0.15, 0.2) is 45.3 Å². The maximum absolute atomic E-state index is 14.0. The number of anilines is 2. The number of β-amino-alcohol motifs (C(OH)–C–C–N with tert-alkyl or cyclic N) is 1. The molecule has 0 spiro atoms. The molecule has 0 saturated carbocycles. The first-order valence-electron chi connectivity index (χ1n) is 20.9. The highest BCUT2D eigenvalue weighted by molar-refractivity contribution is 6.05. The Balaban J connectivity index is 1.20. The summed E-state index contributed by atoms with van der Waals surface area (Å²) in [5.74, 6) is -0.160. The molecule has 20 nitrogen and oxygen atoms in total. The molecule has 0 bridgehead atoms. The second-order valence-electron chi connectivity index (χ2n) is 15.2. The van der Waals surface area contributed by atoms with E-state index in [9.17, 15) is 24.3 Å². The zero-order valence-electron chi connectivity index (χ0n) is 35.5. The van der Waals surface area contributed by atoms with Crippen molar-refractivity contribution >= 4 is 57.6 Å². The van der Waals surface area contributed by atoms with Crippen molar-refractivity contribution in [2.75, 3.05) is 63.2 Å².